The maximum Gasteiger partial charge on any atom is 0.394 e. The van der Waals surface area contributed by atoms with Gasteiger partial charge in [0.2, 0.25) is 0 Å². The third-order valence-corrected chi connectivity index (χ3v) is 6.35. The molecule has 1 aromatic heterocycles. The van der Waals surface area contributed by atoms with Crippen molar-refractivity contribution in [1.82, 2.24) is 10.2 Å². The molecular formula is C20H19N3O5S. The molecule has 1 aromatic carbocycles. The molecule has 0 spiro atoms. The summed E-state index contributed by atoms with van der Waals surface area (Å²) in [5.74, 6) is -3.00. The van der Waals surface area contributed by atoms with Gasteiger partial charge in [-0.2, -0.15) is 0 Å². The van der Waals surface area contributed by atoms with E-state index < -0.39 is 11.9 Å². The molecule has 150 valence electrons. The van der Waals surface area contributed by atoms with Crippen molar-refractivity contribution in [2.24, 2.45) is 0 Å². The van der Waals surface area contributed by atoms with Gasteiger partial charge >= 0.3 is 11.9 Å². The van der Waals surface area contributed by atoms with Gasteiger partial charge in [-0.25, -0.2) is 4.79 Å². The molecule has 8 nitrogen and oxygen atoms in total. The Labute approximate surface area is 170 Å². The smallest absolute Gasteiger partial charge is 0.394 e. The fraction of sp³-hybridized carbons (Fsp3) is 0.300. The molecule has 0 bridgehead atoms. The van der Waals surface area contributed by atoms with E-state index in [9.17, 15) is 19.2 Å². The third kappa shape index (κ3) is 3.54. The molecule has 0 fully saturated rings. The topological polar surface area (TPSA) is 116 Å². The van der Waals surface area contributed by atoms with Gasteiger partial charge in [0.1, 0.15) is 5.00 Å². The van der Waals surface area contributed by atoms with Crippen molar-refractivity contribution in [2.45, 2.75) is 32.5 Å². The summed E-state index contributed by atoms with van der Waals surface area (Å²) in [5, 5.41) is 14.8. The molecule has 3 heterocycles. The number of carboxylic acids is 1. The Hall–Kier alpha value is -3.04. The number of fused-ring (bicyclic) bond motifs is 2. The minimum Gasteiger partial charge on any atom is -0.474 e. The van der Waals surface area contributed by atoms with Crippen molar-refractivity contribution in [2.75, 3.05) is 11.9 Å². The van der Waals surface area contributed by atoms with Gasteiger partial charge in [0.05, 0.1) is 5.56 Å². The quantitative estimate of drug-likeness (QED) is 0.518. The van der Waals surface area contributed by atoms with Crippen LogP contribution in [0.2, 0.25) is 0 Å². The molecule has 0 aliphatic carbocycles. The van der Waals surface area contributed by atoms with Crippen LogP contribution in [-0.2, 0) is 29.1 Å². The zero-order valence-electron chi connectivity index (χ0n) is 15.7. The monoisotopic (exact) mass is 413 g/mol. The van der Waals surface area contributed by atoms with E-state index in [-0.39, 0.29) is 22.7 Å². The van der Waals surface area contributed by atoms with E-state index in [1.807, 2.05) is 24.3 Å². The molecule has 3 N–H and O–H groups in total. The minimum atomic E-state index is -1.60. The maximum atomic E-state index is 12.6. The molecule has 0 saturated carbocycles. The van der Waals surface area contributed by atoms with Crippen LogP contribution in [0.5, 0.6) is 0 Å². The van der Waals surface area contributed by atoms with Crippen LogP contribution < -0.4 is 10.6 Å². The second-order valence-corrected chi connectivity index (χ2v) is 8.25. The average molecular weight is 413 g/mol. The predicted octanol–water partition coefficient (Wildman–Crippen LogP) is 1.64. The molecule has 1 atom stereocenters. The van der Waals surface area contributed by atoms with Crippen LogP contribution in [0.4, 0.5) is 5.00 Å². The number of ketones is 1. The first kappa shape index (κ1) is 19.3. The summed E-state index contributed by atoms with van der Waals surface area (Å²) < 4.78 is 0. The molecule has 2 aromatic rings. The molecule has 29 heavy (non-hydrogen) atoms. The normalized spacial score (nSPS) is 17.6. The van der Waals surface area contributed by atoms with Crippen LogP contribution in [0.15, 0.2) is 24.3 Å². The van der Waals surface area contributed by atoms with Gasteiger partial charge in [-0.3, -0.25) is 14.4 Å². The lowest BCUT2D eigenvalue weighted by Gasteiger charge is -2.28. The van der Waals surface area contributed by atoms with E-state index in [1.54, 1.807) is 4.90 Å². The first-order valence-corrected chi connectivity index (χ1v) is 9.97. The van der Waals surface area contributed by atoms with Crippen molar-refractivity contribution in [1.29, 1.82) is 0 Å². The highest BCUT2D eigenvalue weighted by atomic mass is 32.1. The molecule has 1 unspecified atom stereocenters. The molecule has 2 aliphatic rings. The lowest BCUT2D eigenvalue weighted by molar-refractivity contribution is -0.147. The summed E-state index contributed by atoms with van der Waals surface area (Å²) in [6, 6.07) is 7.50. The number of carbonyl (C=O) groups excluding carboxylic acids is 3. The van der Waals surface area contributed by atoms with Crippen molar-refractivity contribution in [3.8, 4) is 0 Å². The molecule has 2 amide bonds. The highest BCUT2D eigenvalue weighted by Crippen LogP contribution is 2.37. The van der Waals surface area contributed by atoms with Crippen LogP contribution in [0, 0.1) is 0 Å². The Bertz CT molecular complexity index is 1040. The Morgan fingerprint density at radius 2 is 2.07 bits per heavy atom. The average Bonchev–Trinajstić information content (AvgIpc) is 3.19. The SMILES string of the molecule is CC(=O)c1c(NC(=O)C(=O)O)sc2c1CC(CN1Cc3ccccc3C1=O)NC2. The molecule has 9 heteroatoms. The number of hydrogen-bond acceptors (Lipinski definition) is 6. The standard InChI is InChI=1S/C20H19N3O5S/c1-10(24)16-14-6-12(9-23-8-11-4-2-3-5-13(11)19(23)26)21-7-15(14)29-18(16)22-17(25)20(27)28/h2-5,12,21H,6-9H2,1H3,(H,22,25)(H,27,28). The number of benzene rings is 1. The van der Waals surface area contributed by atoms with Gasteiger partial charge < -0.3 is 20.6 Å². The zero-order valence-corrected chi connectivity index (χ0v) is 16.5. The van der Waals surface area contributed by atoms with Gasteiger partial charge in [0, 0.05) is 36.1 Å². The third-order valence-electron chi connectivity index (χ3n) is 5.20. The number of Topliss-reactive ketones (excluding diaryl/α,β-unsaturated/α-hetero) is 1. The number of nitrogens with one attached hydrogen (secondary N) is 2. The minimum absolute atomic E-state index is 0.000262. The van der Waals surface area contributed by atoms with E-state index in [0.29, 0.717) is 31.6 Å². The Balaban J connectivity index is 1.53. The number of carbonyl (C=O) groups is 4. The van der Waals surface area contributed by atoms with E-state index in [0.717, 1.165) is 21.6 Å². The van der Waals surface area contributed by atoms with Crippen LogP contribution >= 0.6 is 11.3 Å². The number of carboxylic acid groups (broad SMARTS) is 1. The van der Waals surface area contributed by atoms with Crippen LogP contribution in [0.3, 0.4) is 0 Å². The summed E-state index contributed by atoms with van der Waals surface area (Å²) in [5.41, 5.74) is 2.91. The summed E-state index contributed by atoms with van der Waals surface area (Å²) in [7, 11) is 0. The molecule has 0 saturated heterocycles. The van der Waals surface area contributed by atoms with Gasteiger partial charge in [-0.1, -0.05) is 18.2 Å². The fourth-order valence-corrected chi connectivity index (χ4v) is 5.12. The molecular weight excluding hydrogens is 394 g/mol. The number of anilines is 1. The van der Waals surface area contributed by atoms with E-state index >= 15 is 0 Å². The Kier molecular flexibility index (Phi) is 4.93. The lowest BCUT2D eigenvalue weighted by atomic mass is 9.96. The zero-order chi connectivity index (χ0) is 20.7. The predicted molar refractivity (Wildman–Crippen MR) is 106 cm³/mol. The van der Waals surface area contributed by atoms with Crippen LogP contribution in [-0.4, -0.2) is 46.2 Å². The highest BCUT2D eigenvalue weighted by Gasteiger charge is 2.33. The summed E-state index contributed by atoms with van der Waals surface area (Å²) >= 11 is 1.21. The number of nitrogens with zero attached hydrogens (tertiary/aromatic N) is 1. The Morgan fingerprint density at radius 3 is 2.76 bits per heavy atom. The van der Waals surface area contributed by atoms with E-state index in [4.69, 9.17) is 5.11 Å². The lowest BCUT2D eigenvalue weighted by Crippen LogP contribution is -2.44. The van der Waals surface area contributed by atoms with Gasteiger partial charge in [0.25, 0.3) is 5.91 Å². The molecule has 0 radical (unpaired) electrons. The second-order valence-electron chi connectivity index (χ2n) is 7.15. The van der Waals surface area contributed by atoms with Crippen LogP contribution in [0.25, 0.3) is 0 Å². The number of hydrogen-bond donors (Lipinski definition) is 3. The number of thiophene rings is 1. The largest absolute Gasteiger partial charge is 0.474 e. The van der Waals surface area contributed by atoms with E-state index in [2.05, 4.69) is 10.6 Å². The summed E-state index contributed by atoms with van der Waals surface area (Å²) in [4.78, 5) is 50.0. The van der Waals surface area contributed by atoms with Gasteiger partial charge in [-0.15, -0.1) is 11.3 Å². The van der Waals surface area contributed by atoms with Crippen molar-refractivity contribution < 1.29 is 24.3 Å². The number of amides is 2. The molecule has 4 rings (SSSR count). The van der Waals surface area contributed by atoms with Crippen LogP contribution in [0.1, 0.15) is 43.6 Å². The first-order valence-electron chi connectivity index (χ1n) is 9.15. The summed E-state index contributed by atoms with van der Waals surface area (Å²) in [6.45, 7) is 2.94. The summed E-state index contributed by atoms with van der Waals surface area (Å²) in [6.07, 6.45) is 0.518. The van der Waals surface area contributed by atoms with E-state index in [1.165, 1.54) is 18.3 Å². The second kappa shape index (κ2) is 7.41. The number of aliphatic carboxylic acids is 1. The first-order chi connectivity index (χ1) is 13.8. The fourth-order valence-electron chi connectivity index (χ4n) is 3.90. The van der Waals surface area contributed by atoms with Crippen molar-refractivity contribution >= 4 is 39.9 Å². The van der Waals surface area contributed by atoms with Crippen molar-refractivity contribution in [3.63, 3.8) is 0 Å². The Morgan fingerprint density at radius 1 is 1.31 bits per heavy atom. The van der Waals surface area contributed by atoms with Gasteiger partial charge in [-0.05, 0) is 30.5 Å². The van der Waals surface area contributed by atoms with Crippen molar-refractivity contribution in [3.05, 3.63) is 51.4 Å². The van der Waals surface area contributed by atoms with Gasteiger partial charge in [0.15, 0.2) is 5.78 Å². The molecule has 2 aliphatic heterocycles. The number of rotatable bonds is 4. The maximum absolute atomic E-state index is 12.6. The highest BCUT2D eigenvalue weighted by molar-refractivity contribution is 7.17.